The number of aliphatic hydroxyl groups is 1. The Labute approximate surface area is 123 Å². The Kier molecular flexibility index (Phi) is 4.23. The van der Waals surface area contributed by atoms with Crippen molar-refractivity contribution in [1.29, 1.82) is 0 Å². The first-order valence-corrected chi connectivity index (χ1v) is 6.60. The van der Waals surface area contributed by atoms with Gasteiger partial charge in [0.1, 0.15) is 5.75 Å². The van der Waals surface area contributed by atoms with Gasteiger partial charge in [-0.3, -0.25) is 10.1 Å². The lowest BCUT2D eigenvalue weighted by Crippen LogP contribution is -1.97. The van der Waals surface area contributed by atoms with Gasteiger partial charge in [0, 0.05) is 6.07 Å². The number of nitro benzene ring substituents is 1. The Morgan fingerprint density at radius 3 is 2.33 bits per heavy atom. The van der Waals surface area contributed by atoms with E-state index in [1.807, 2.05) is 6.07 Å². The fourth-order valence-electron chi connectivity index (χ4n) is 2.13. The summed E-state index contributed by atoms with van der Waals surface area (Å²) in [7, 11) is 0. The molecule has 110 valence electrons. The Bertz CT molecular complexity index is 663. The third-order valence-electron chi connectivity index (χ3n) is 3.18. The number of nitro groups is 1. The molecule has 0 heterocycles. The number of ether oxygens (including phenoxy) is 1. The molecule has 0 saturated heterocycles. The number of rotatable bonds is 4. The lowest BCUT2D eigenvalue weighted by Gasteiger charge is -2.11. The zero-order chi connectivity index (χ0) is 15.6. The van der Waals surface area contributed by atoms with Gasteiger partial charge >= 0.3 is 5.69 Å². The molecule has 0 radical (unpaired) electrons. The van der Waals surface area contributed by atoms with Crippen LogP contribution in [0, 0.1) is 24.0 Å². The molecule has 0 aliphatic heterocycles. The van der Waals surface area contributed by atoms with Crippen molar-refractivity contribution in [1.82, 2.24) is 0 Å². The predicted octanol–water partition coefficient (Wildman–Crippen LogP) is 4.06. The minimum atomic E-state index is -0.561. The van der Waals surface area contributed by atoms with Crippen LogP contribution in [0.4, 0.5) is 5.69 Å². The molecule has 0 fully saturated rings. The van der Waals surface area contributed by atoms with Crippen LogP contribution in [0.3, 0.4) is 0 Å². The van der Waals surface area contributed by atoms with Gasteiger partial charge in [-0.25, -0.2) is 0 Å². The third-order valence-corrected chi connectivity index (χ3v) is 3.18. The van der Waals surface area contributed by atoms with Crippen molar-refractivity contribution in [2.75, 3.05) is 0 Å². The highest BCUT2D eigenvalue weighted by Gasteiger charge is 2.19. The first-order chi connectivity index (χ1) is 9.88. The zero-order valence-electron chi connectivity index (χ0n) is 12.2. The molecule has 0 unspecified atom stereocenters. The van der Waals surface area contributed by atoms with Gasteiger partial charge in [-0.15, -0.1) is 0 Å². The van der Waals surface area contributed by atoms with Crippen LogP contribution in [0.5, 0.6) is 11.5 Å². The Morgan fingerprint density at radius 1 is 1.19 bits per heavy atom. The van der Waals surface area contributed by atoms with Gasteiger partial charge in [-0.05, 0) is 49.6 Å². The molecule has 0 spiro atoms. The SMILES string of the molecule is Cc1cc(C)c(Oc2ccc([C@@H](C)O)cc2)c([N+](=O)[O-])c1. The summed E-state index contributed by atoms with van der Waals surface area (Å²) in [5, 5.41) is 20.6. The van der Waals surface area contributed by atoms with Gasteiger partial charge < -0.3 is 9.84 Å². The van der Waals surface area contributed by atoms with Gasteiger partial charge in [0.15, 0.2) is 0 Å². The molecule has 1 N–H and O–H groups in total. The van der Waals surface area contributed by atoms with Gasteiger partial charge in [0.05, 0.1) is 11.0 Å². The van der Waals surface area contributed by atoms with Gasteiger partial charge in [0.2, 0.25) is 5.75 Å². The Balaban J connectivity index is 2.37. The highest BCUT2D eigenvalue weighted by Crippen LogP contribution is 2.35. The summed E-state index contributed by atoms with van der Waals surface area (Å²) in [6.45, 7) is 5.26. The Morgan fingerprint density at radius 2 is 1.81 bits per heavy atom. The lowest BCUT2D eigenvalue weighted by molar-refractivity contribution is -0.385. The first-order valence-electron chi connectivity index (χ1n) is 6.60. The molecule has 0 saturated carbocycles. The van der Waals surface area contributed by atoms with Crippen LogP contribution in [-0.4, -0.2) is 10.0 Å². The molecule has 0 aliphatic carbocycles. The number of nitrogens with zero attached hydrogens (tertiary/aromatic N) is 1. The summed E-state index contributed by atoms with van der Waals surface area (Å²) in [5.74, 6) is 0.741. The second kappa shape index (κ2) is 5.93. The van der Waals surface area contributed by atoms with E-state index in [4.69, 9.17) is 4.74 Å². The molecule has 2 aromatic rings. The van der Waals surface area contributed by atoms with Gasteiger partial charge in [-0.1, -0.05) is 18.2 Å². The van der Waals surface area contributed by atoms with Gasteiger partial charge in [0.25, 0.3) is 0 Å². The molecule has 5 heteroatoms. The Hall–Kier alpha value is -2.40. The van der Waals surface area contributed by atoms with E-state index in [2.05, 4.69) is 0 Å². The molecule has 0 aromatic heterocycles. The molecule has 21 heavy (non-hydrogen) atoms. The minimum Gasteiger partial charge on any atom is -0.450 e. The van der Waals surface area contributed by atoms with E-state index in [-0.39, 0.29) is 11.4 Å². The number of hydrogen-bond acceptors (Lipinski definition) is 4. The summed E-state index contributed by atoms with van der Waals surface area (Å²) in [6, 6.07) is 10.2. The predicted molar refractivity (Wildman–Crippen MR) is 79.7 cm³/mol. The van der Waals surface area contributed by atoms with E-state index in [0.717, 1.165) is 11.1 Å². The van der Waals surface area contributed by atoms with E-state index in [1.165, 1.54) is 6.07 Å². The van der Waals surface area contributed by atoms with Crippen LogP contribution < -0.4 is 4.74 Å². The number of aliphatic hydroxyl groups excluding tert-OH is 1. The average molecular weight is 287 g/mol. The third kappa shape index (κ3) is 3.38. The van der Waals surface area contributed by atoms with Crippen molar-refractivity contribution < 1.29 is 14.8 Å². The van der Waals surface area contributed by atoms with Crippen molar-refractivity contribution >= 4 is 5.69 Å². The number of benzene rings is 2. The summed E-state index contributed by atoms with van der Waals surface area (Å²) in [5.41, 5.74) is 2.24. The topological polar surface area (TPSA) is 72.6 Å². The second-order valence-electron chi connectivity index (χ2n) is 5.03. The molecule has 0 aliphatic rings. The summed E-state index contributed by atoms with van der Waals surface area (Å²) in [6.07, 6.45) is -0.561. The summed E-state index contributed by atoms with van der Waals surface area (Å²) >= 11 is 0. The fourth-order valence-corrected chi connectivity index (χ4v) is 2.13. The van der Waals surface area contributed by atoms with Crippen molar-refractivity contribution in [3.05, 3.63) is 63.2 Å². The average Bonchev–Trinajstić information content (AvgIpc) is 2.41. The largest absolute Gasteiger partial charge is 0.450 e. The lowest BCUT2D eigenvalue weighted by atomic mass is 10.1. The van der Waals surface area contributed by atoms with E-state index < -0.39 is 11.0 Å². The van der Waals surface area contributed by atoms with Gasteiger partial charge in [-0.2, -0.15) is 0 Å². The normalized spacial score (nSPS) is 12.0. The number of aryl methyl sites for hydroxylation is 2. The maximum atomic E-state index is 11.2. The molecular weight excluding hydrogens is 270 g/mol. The molecule has 2 rings (SSSR count). The first kappa shape index (κ1) is 15.0. The fraction of sp³-hybridized carbons (Fsp3) is 0.250. The van der Waals surface area contributed by atoms with Crippen molar-refractivity contribution in [3.8, 4) is 11.5 Å². The number of hydrogen-bond donors (Lipinski definition) is 1. The van der Waals surface area contributed by atoms with E-state index in [0.29, 0.717) is 11.3 Å². The van der Waals surface area contributed by atoms with Crippen LogP contribution in [-0.2, 0) is 0 Å². The van der Waals surface area contributed by atoms with E-state index in [1.54, 1.807) is 45.0 Å². The molecule has 1 atom stereocenters. The zero-order valence-corrected chi connectivity index (χ0v) is 12.2. The maximum absolute atomic E-state index is 11.2. The molecule has 5 nitrogen and oxygen atoms in total. The van der Waals surface area contributed by atoms with Crippen molar-refractivity contribution in [2.45, 2.75) is 26.9 Å². The standard InChI is InChI=1S/C16H17NO4/c1-10-8-11(2)16(15(9-10)17(19)20)21-14-6-4-13(5-7-14)12(3)18/h4-9,12,18H,1-3H3/t12-/m1/s1. The van der Waals surface area contributed by atoms with Crippen LogP contribution in [0.25, 0.3) is 0 Å². The maximum Gasteiger partial charge on any atom is 0.312 e. The highest BCUT2D eigenvalue weighted by molar-refractivity contribution is 5.55. The van der Waals surface area contributed by atoms with E-state index in [9.17, 15) is 15.2 Å². The quantitative estimate of drug-likeness (QED) is 0.680. The monoisotopic (exact) mass is 287 g/mol. The van der Waals surface area contributed by atoms with Crippen molar-refractivity contribution in [3.63, 3.8) is 0 Å². The molecule has 0 amide bonds. The highest BCUT2D eigenvalue weighted by atomic mass is 16.6. The van der Waals surface area contributed by atoms with E-state index >= 15 is 0 Å². The van der Waals surface area contributed by atoms with Crippen LogP contribution in [0.1, 0.15) is 29.7 Å². The van der Waals surface area contributed by atoms with Crippen LogP contribution in [0.15, 0.2) is 36.4 Å². The smallest absolute Gasteiger partial charge is 0.312 e. The van der Waals surface area contributed by atoms with Crippen molar-refractivity contribution in [2.24, 2.45) is 0 Å². The molecular formula is C16H17NO4. The summed E-state index contributed by atoms with van der Waals surface area (Å²) in [4.78, 5) is 10.7. The minimum absolute atomic E-state index is 0.0490. The van der Waals surface area contributed by atoms with Crippen LogP contribution >= 0.6 is 0 Å². The second-order valence-corrected chi connectivity index (χ2v) is 5.03. The van der Waals surface area contributed by atoms with Crippen LogP contribution in [0.2, 0.25) is 0 Å². The summed E-state index contributed by atoms with van der Waals surface area (Å²) < 4.78 is 5.67. The molecule has 0 bridgehead atoms. The molecule has 2 aromatic carbocycles.